The third kappa shape index (κ3) is 4.65. The maximum atomic E-state index is 13.6. The van der Waals surface area contributed by atoms with E-state index < -0.39 is 0 Å². The molecular weight excluding hydrogens is 464 g/mol. The molecule has 2 aromatic heterocycles. The van der Waals surface area contributed by atoms with E-state index in [2.05, 4.69) is 35.9 Å². The van der Waals surface area contributed by atoms with Gasteiger partial charge in [-0.05, 0) is 43.2 Å². The van der Waals surface area contributed by atoms with E-state index in [1.54, 1.807) is 11.3 Å². The fraction of sp³-hybridized carbons (Fsp3) is 0.348. The SMILES string of the molecule is Cc1cc(C)c2nc(N(CCN3CCOCC3)C(=O)c3nc4ccccc4s3)sc2c1.Cl. The Labute approximate surface area is 201 Å². The topological polar surface area (TPSA) is 58.6 Å². The van der Waals surface area contributed by atoms with Crippen molar-refractivity contribution in [3.05, 3.63) is 52.5 Å². The highest BCUT2D eigenvalue weighted by Gasteiger charge is 2.25. The number of benzene rings is 2. The molecule has 0 N–H and O–H groups in total. The van der Waals surface area contributed by atoms with Crippen LogP contribution in [-0.4, -0.2) is 60.2 Å². The smallest absolute Gasteiger partial charge is 0.289 e. The van der Waals surface area contributed by atoms with Crippen molar-refractivity contribution < 1.29 is 9.53 Å². The van der Waals surface area contributed by atoms with Crippen molar-refractivity contribution in [3.8, 4) is 0 Å². The Morgan fingerprint density at radius 2 is 1.88 bits per heavy atom. The number of nitrogens with zero attached hydrogens (tertiary/aromatic N) is 4. The van der Waals surface area contributed by atoms with Gasteiger partial charge in [-0.2, -0.15) is 0 Å². The molecule has 0 atom stereocenters. The van der Waals surface area contributed by atoms with Crippen molar-refractivity contribution in [1.29, 1.82) is 0 Å². The van der Waals surface area contributed by atoms with Crippen LogP contribution >= 0.6 is 35.1 Å². The highest BCUT2D eigenvalue weighted by atomic mass is 35.5. The fourth-order valence-electron chi connectivity index (χ4n) is 3.90. The van der Waals surface area contributed by atoms with E-state index in [4.69, 9.17) is 9.72 Å². The van der Waals surface area contributed by atoms with Crippen LogP contribution in [0, 0.1) is 13.8 Å². The molecule has 9 heteroatoms. The summed E-state index contributed by atoms with van der Waals surface area (Å²) in [5, 5.41) is 1.25. The van der Waals surface area contributed by atoms with Gasteiger partial charge in [0, 0.05) is 26.2 Å². The van der Waals surface area contributed by atoms with Gasteiger partial charge in [0.25, 0.3) is 5.91 Å². The summed E-state index contributed by atoms with van der Waals surface area (Å²) in [6, 6.07) is 12.2. The first-order chi connectivity index (χ1) is 15.1. The number of halogens is 1. The number of carbonyl (C=O) groups is 1. The first-order valence-electron chi connectivity index (χ1n) is 10.4. The number of morpholine rings is 1. The summed E-state index contributed by atoms with van der Waals surface area (Å²) in [6.07, 6.45) is 0. The zero-order chi connectivity index (χ0) is 21.4. The van der Waals surface area contributed by atoms with E-state index in [1.807, 2.05) is 29.2 Å². The van der Waals surface area contributed by atoms with Gasteiger partial charge >= 0.3 is 0 Å². The summed E-state index contributed by atoms with van der Waals surface area (Å²) in [5.41, 5.74) is 4.18. The molecule has 1 fully saturated rings. The van der Waals surface area contributed by atoms with Crippen molar-refractivity contribution in [2.75, 3.05) is 44.3 Å². The molecule has 0 spiro atoms. The number of thiazole rings is 2. The summed E-state index contributed by atoms with van der Waals surface area (Å²) in [4.78, 5) is 27.2. The van der Waals surface area contributed by atoms with E-state index >= 15 is 0 Å². The van der Waals surface area contributed by atoms with Gasteiger partial charge in [-0.1, -0.05) is 29.5 Å². The maximum Gasteiger partial charge on any atom is 0.289 e. The Kier molecular flexibility index (Phi) is 7.07. The highest BCUT2D eigenvalue weighted by molar-refractivity contribution is 7.23. The minimum atomic E-state index is -0.0807. The summed E-state index contributed by atoms with van der Waals surface area (Å²) in [7, 11) is 0. The van der Waals surface area contributed by atoms with Crippen LogP contribution in [0.25, 0.3) is 20.4 Å². The molecule has 32 heavy (non-hydrogen) atoms. The molecule has 1 saturated heterocycles. The number of fused-ring (bicyclic) bond motifs is 2. The summed E-state index contributed by atoms with van der Waals surface area (Å²) >= 11 is 3.02. The van der Waals surface area contributed by atoms with Crippen LogP contribution in [0.4, 0.5) is 5.13 Å². The fourth-order valence-corrected chi connectivity index (χ4v) is 5.98. The number of amides is 1. The Balaban J connectivity index is 0.00000245. The molecule has 0 saturated carbocycles. The lowest BCUT2D eigenvalue weighted by Gasteiger charge is -2.28. The normalized spacial score (nSPS) is 14.6. The molecule has 0 aliphatic carbocycles. The number of carbonyl (C=O) groups excluding carboxylic acids is 1. The van der Waals surface area contributed by atoms with Gasteiger partial charge < -0.3 is 4.74 Å². The molecule has 0 bridgehead atoms. The average molecular weight is 489 g/mol. The predicted molar refractivity (Wildman–Crippen MR) is 135 cm³/mol. The number of aryl methyl sites for hydroxylation is 2. The van der Waals surface area contributed by atoms with Crippen LogP contribution < -0.4 is 4.90 Å². The van der Waals surface area contributed by atoms with Crippen LogP contribution in [0.3, 0.4) is 0 Å². The molecule has 0 unspecified atom stereocenters. The van der Waals surface area contributed by atoms with Gasteiger partial charge in [0.2, 0.25) is 0 Å². The van der Waals surface area contributed by atoms with E-state index in [-0.39, 0.29) is 18.3 Å². The van der Waals surface area contributed by atoms with Crippen molar-refractivity contribution in [3.63, 3.8) is 0 Å². The lowest BCUT2D eigenvalue weighted by molar-refractivity contribution is 0.0391. The number of hydrogen-bond acceptors (Lipinski definition) is 7. The Morgan fingerprint density at radius 3 is 2.66 bits per heavy atom. The first kappa shape index (κ1) is 23.1. The minimum absolute atomic E-state index is 0. The minimum Gasteiger partial charge on any atom is -0.379 e. The number of ether oxygens (including phenoxy) is 1. The van der Waals surface area contributed by atoms with Crippen LogP contribution in [0.1, 0.15) is 20.9 Å². The Morgan fingerprint density at radius 1 is 1.09 bits per heavy atom. The van der Waals surface area contributed by atoms with Gasteiger partial charge in [0.1, 0.15) is 0 Å². The first-order valence-corrected chi connectivity index (χ1v) is 12.1. The van der Waals surface area contributed by atoms with Crippen LogP contribution in [0.15, 0.2) is 36.4 Å². The third-order valence-electron chi connectivity index (χ3n) is 5.51. The van der Waals surface area contributed by atoms with E-state index in [9.17, 15) is 4.79 Å². The molecule has 6 nitrogen and oxygen atoms in total. The van der Waals surface area contributed by atoms with Crippen LogP contribution in [0.2, 0.25) is 0 Å². The number of para-hydroxylation sites is 1. The van der Waals surface area contributed by atoms with Crippen molar-refractivity contribution >= 4 is 66.6 Å². The third-order valence-corrected chi connectivity index (χ3v) is 7.56. The molecule has 168 valence electrons. The molecule has 1 amide bonds. The number of rotatable bonds is 5. The summed E-state index contributed by atoms with van der Waals surface area (Å²) in [6.45, 7) is 8.79. The standard InChI is InChI=1S/C23H24N4O2S2.ClH/c1-15-13-16(2)20-19(14-15)31-23(25-20)27(8-7-26-9-11-29-12-10-26)22(28)21-24-17-5-3-4-6-18(17)30-21;/h3-6,13-14H,7-12H2,1-2H3;1H. The number of aromatic nitrogens is 2. The molecule has 5 rings (SSSR count). The van der Waals surface area contributed by atoms with Crippen molar-refractivity contribution in [2.24, 2.45) is 0 Å². The lowest BCUT2D eigenvalue weighted by atomic mass is 10.1. The number of anilines is 1. The molecular formula is C23H25ClN4O2S2. The van der Waals surface area contributed by atoms with E-state index in [0.717, 1.165) is 64.0 Å². The maximum absolute atomic E-state index is 13.6. The molecule has 1 aliphatic rings. The highest BCUT2D eigenvalue weighted by Crippen LogP contribution is 2.33. The second kappa shape index (κ2) is 9.80. The molecule has 3 heterocycles. The zero-order valence-electron chi connectivity index (χ0n) is 18.0. The van der Waals surface area contributed by atoms with E-state index in [1.165, 1.54) is 16.9 Å². The monoisotopic (exact) mass is 488 g/mol. The Hall–Kier alpha value is -2.10. The van der Waals surface area contributed by atoms with E-state index in [0.29, 0.717) is 11.6 Å². The predicted octanol–water partition coefficient (Wildman–Crippen LogP) is 4.92. The quantitative estimate of drug-likeness (QED) is 0.399. The molecule has 4 aromatic rings. The second-order valence-corrected chi connectivity index (χ2v) is 9.86. The summed E-state index contributed by atoms with van der Waals surface area (Å²) < 4.78 is 7.60. The van der Waals surface area contributed by atoms with Gasteiger partial charge in [-0.3, -0.25) is 14.6 Å². The molecule has 0 radical (unpaired) electrons. The lowest BCUT2D eigenvalue weighted by Crippen LogP contribution is -2.43. The average Bonchev–Trinajstić information content (AvgIpc) is 3.39. The van der Waals surface area contributed by atoms with Gasteiger partial charge in [-0.15, -0.1) is 23.7 Å². The van der Waals surface area contributed by atoms with Gasteiger partial charge in [0.15, 0.2) is 10.1 Å². The van der Waals surface area contributed by atoms with Gasteiger partial charge in [0.05, 0.1) is 33.6 Å². The van der Waals surface area contributed by atoms with Crippen LogP contribution in [0.5, 0.6) is 0 Å². The van der Waals surface area contributed by atoms with Crippen molar-refractivity contribution in [1.82, 2.24) is 14.9 Å². The molecule has 2 aromatic carbocycles. The number of hydrogen-bond donors (Lipinski definition) is 0. The summed E-state index contributed by atoms with van der Waals surface area (Å²) in [5.74, 6) is -0.0807. The zero-order valence-corrected chi connectivity index (χ0v) is 20.5. The van der Waals surface area contributed by atoms with Crippen molar-refractivity contribution in [2.45, 2.75) is 13.8 Å². The Bertz CT molecular complexity index is 1220. The largest absolute Gasteiger partial charge is 0.379 e. The van der Waals surface area contributed by atoms with Gasteiger partial charge in [-0.25, -0.2) is 9.97 Å². The second-order valence-electron chi connectivity index (χ2n) is 7.82. The van der Waals surface area contributed by atoms with Crippen LogP contribution in [-0.2, 0) is 4.74 Å². The molecule has 1 aliphatic heterocycles.